The van der Waals surface area contributed by atoms with Crippen LogP contribution in [0.5, 0.6) is 0 Å². The summed E-state index contributed by atoms with van der Waals surface area (Å²) in [7, 11) is 0. The molecule has 7 heteroatoms. The normalized spacial score (nSPS) is 17.4. The summed E-state index contributed by atoms with van der Waals surface area (Å²) in [5, 5.41) is 16.5. The Balaban J connectivity index is 1.68. The molecule has 0 bridgehead atoms. The molecule has 1 aromatic heterocycles. The maximum atomic E-state index is 10.9. The van der Waals surface area contributed by atoms with Crippen molar-refractivity contribution in [3.8, 4) is 0 Å². The number of primary amides is 1. The predicted molar refractivity (Wildman–Crippen MR) is 74.8 cm³/mol. The van der Waals surface area contributed by atoms with Crippen molar-refractivity contribution < 1.29 is 9.90 Å². The smallest absolute Gasteiger partial charge is 0.231 e. The number of carbonyl (C=O) groups excluding carboxylic acids is 1. The average Bonchev–Trinajstić information content (AvgIpc) is 2.86. The summed E-state index contributed by atoms with van der Waals surface area (Å²) in [5.74, 6) is -0.257. The van der Waals surface area contributed by atoms with Crippen LogP contribution in [0, 0.1) is 0 Å². The molecule has 112 valence electrons. The topological polar surface area (TPSA) is 96.4 Å². The lowest BCUT2D eigenvalue weighted by molar-refractivity contribution is -0.119. The van der Waals surface area contributed by atoms with Gasteiger partial charge >= 0.3 is 0 Å². The van der Waals surface area contributed by atoms with Gasteiger partial charge in [-0.05, 0) is 12.8 Å². The van der Waals surface area contributed by atoms with E-state index in [-0.39, 0.29) is 12.5 Å². The Morgan fingerprint density at radius 2 is 2.25 bits per heavy atom. The van der Waals surface area contributed by atoms with Gasteiger partial charge in [0.05, 0.1) is 25.9 Å². The van der Waals surface area contributed by atoms with E-state index in [2.05, 4.69) is 15.3 Å². The molecule has 1 fully saturated rings. The summed E-state index contributed by atoms with van der Waals surface area (Å²) in [4.78, 5) is 13.0. The van der Waals surface area contributed by atoms with Gasteiger partial charge < -0.3 is 16.2 Å². The number of carbonyl (C=O) groups is 1. The second-order valence-electron chi connectivity index (χ2n) is 5.23. The fourth-order valence-electron chi connectivity index (χ4n) is 2.50. The lowest BCUT2D eigenvalue weighted by Crippen LogP contribution is -2.45. The highest BCUT2D eigenvalue weighted by molar-refractivity contribution is 5.75. The Kier molecular flexibility index (Phi) is 5.51. The minimum Gasteiger partial charge on any atom is -0.394 e. The minimum absolute atomic E-state index is 0.104. The number of piperidine rings is 1. The zero-order valence-corrected chi connectivity index (χ0v) is 11.7. The highest BCUT2D eigenvalue weighted by Crippen LogP contribution is 2.10. The lowest BCUT2D eigenvalue weighted by Gasteiger charge is -2.31. The Morgan fingerprint density at radius 1 is 1.50 bits per heavy atom. The third-order valence-corrected chi connectivity index (χ3v) is 3.58. The molecule has 20 heavy (non-hydrogen) atoms. The molecule has 0 aromatic carbocycles. The summed E-state index contributed by atoms with van der Waals surface area (Å²) in [6.07, 6.45) is 5.83. The summed E-state index contributed by atoms with van der Waals surface area (Å²) in [6, 6.07) is 0.473. The average molecular weight is 281 g/mol. The first-order valence-corrected chi connectivity index (χ1v) is 7.03. The van der Waals surface area contributed by atoms with Crippen LogP contribution in [-0.4, -0.2) is 58.0 Å². The number of nitrogens with zero attached hydrogens (tertiary/aromatic N) is 3. The maximum absolute atomic E-state index is 10.9. The number of aromatic nitrogens is 2. The quantitative estimate of drug-likeness (QED) is 0.590. The molecule has 2 rings (SSSR count). The van der Waals surface area contributed by atoms with E-state index in [1.807, 2.05) is 12.4 Å². The molecule has 1 aromatic rings. The highest BCUT2D eigenvalue weighted by Gasteiger charge is 2.19. The van der Waals surface area contributed by atoms with Gasteiger partial charge in [-0.15, -0.1) is 0 Å². The van der Waals surface area contributed by atoms with Crippen molar-refractivity contribution >= 4 is 5.91 Å². The molecule has 1 amide bonds. The van der Waals surface area contributed by atoms with Crippen molar-refractivity contribution in [2.24, 2.45) is 5.73 Å². The van der Waals surface area contributed by atoms with Crippen LogP contribution in [0.2, 0.25) is 0 Å². The molecule has 0 atom stereocenters. The van der Waals surface area contributed by atoms with Gasteiger partial charge in [0.2, 0.25) is 5.91 Å². The molecule has 0 radical (unpaired) electrons. The summed E-state index contributed by atoms with van der Waals surface area (Å²) in [6.45, 7) is 3.60. The van der Waals surface area contributed by atoms with Crippen molar-refractivity contribution in [2.75, 3.05) is 26.2 Å². The molecule has 1 aliphatic heterocycles. The fraction of sp³-hybridized carbons (Fsp3) is 0.692. The molecule has 4 N–H and O–H groups in total. The van der Waals surface area contributed by atoms with Crippen LogP contribution in [-0.2, 0) is 17.9 Å². The van der Waals surface area contributed by atoms with Crippen molar-refractivity contribution in [1.82, 2.24) is 20.0 Å². The molecule has 0 saturated carbocycles. The Labute approximate surface area is 118 Å². The van der Waals surface area contributed by atoms with Gasteiger partial charge in [0.25, 0.3) is 0 Å². The van der Waals surface area contributed by atoms with Gasteiger partial charge in [-0.1, -0.05) is 0 Å². The third kappa shape index (κ3) is 4.59. The van der Waals surface area contributed by atoms with Crippen LogP contribution in [0.3, 0.4) is 0 Å². The van der Waals surface area contributed by atoms with Crippen LogP contribution < -0.4 is 11.1 Å². The first-order valence-electron chi connectivity index (χ1n) is 7.03. The SMILES string of the molecule is NC(=O)CN1CCC(NCc2cnn(CCO)c2)CC1. The molecule has 1 saturated heterocycles. The van der Waals surface area contributed by atoms with Crippen molar-refractivity contribution in [3.05, 3.63) is 18.0 Å². The Bertz CT molecular complexity index is 426. The lowest BCUT2D eigenvalue weighted by atomic mass is 10.0. The van der Waals surface area contributed by atoms with Gasteiger partial charge in [-0.25, -0.2) is 0 Å². The van der Waals surface area contributed by atoms with Crippen LogP contribution in [0.1, 0.15) is 18.4 Å². The van der Waals surface area contributed by atoms with Crippen LogP contribution in [0.25, 0.3) is 0 Å². The van der Waals surface area contributed by atoms with Gasteiger partial charge in [0.1, 0.15) is 0 Å². The molecular weight excluding hydrogens is 258 g/mol. The van der Waals surface area contributed by atoms with E-state index in [1.165, 1.54) is 0 Å². The van der Waals surface area contributed by atoms with Crippen molar-refractivity contribution in [2.45, 2.75) is 32.0 Å². The number of likely N-dealkylation sites (tertiary alicyclic amines) is 1. The number of rotatable bonds is 7. The predicted octanol–water partition coefficient (Wildman–Crippen LogP) is -1.09. The molecule has 0 spiro atoms. The minimum atomic E-state index is -0.257. The molecule has 0 unspecified atom stereocenters. The summed E-state index contributed by atoms with van der Waals surface area (Å²) < 4.78 is 1.74. The molecule has 1 aliphatic rings. The van der Waals surface area contributed by atoms with E-state index in [4.69, 9.17) is 10.8 Å². The number of amides is 1. The molecule has 7 nitrogen and oxygen atoms in total. The van der Waals surface area contributed by atoms with Crippen LogP contribution in [0.15, 0.2) is 12.4 Å². The highest BCUT2D eigenvalue weighted by atomic mass is 16.3. The van der Waals surface area contributed by atoms with Crippen molar-refractivity contribution in [1.29, 1.82) is 0 Å². The second kappa shape index (κ2) is 7.37. The van der Waals surface area contributed by atoms with E-state index < -0.39 is 0 Å². The summed E-state index contributed by atoms with van der Waals surface area (Å²) >= 11 is 0. The standard InChI is InChI=1S/C13H23N5O2/c14-13(20)10-17-3-1-12(2-4-17)15-7-11-8-16-18(9-11)5-6-19/h8-9,12,15,19H,1-7,10H2,(H2,14,20). The van der Waals surface area contributed by atoms with Crippen LogP contribution in [0.4, 0.5) is 0 Å². The van der Waals surface area contributed by atoms with Gasteiger partial charge in [-0.2, -0.15) is 5.10 Å². The van der Waals surface area contributed by atoms with E-state index in [9.17, 15) is 4.79 Å². The first kappa shape index (κ1) is 15.0. The molecular formula is C13H23N5O2. The Hall–Kier alpha value is -1.44. The monoisotopic (exact) mass is 281 g/mol. The number of hydrogen-bond acceptors (Lipinski definition) is 5. The first-order chi connectivity index (χ1) is 9.67. The molecule has 2 heterocycles. The summed E-state index contributed by atoms with van der Waals surface area (Å²) in [5.41, 5.74) is 6.32. The second-order valence-corrected chi connectivity index (χ2v) is 5.23. The maximum Gasteiger partial charge on any atom is 0.231 e. The number of nitrogens with one attached hydrogen (secondary N) is 1. The van der Waals surface area contributed by atoms with Crippen LogP contribution >= 0.6 is 0 Å². The Morgan fingerprint density at radius 3 is 2.90 bits per heavy atom. The number of hydrogen-bond donors (Lipinski definition) is 3. The fourth-order valence-corrected chi connectivity index (χ4v) is 2.50. The van der Waals surface area contributed by atoms with Gasteiger partial charge in [-0.3, -0.25) is 14.4 Å². The zero-order valence-electron chi connectivity index (χ0n) is 11.7. The molecule has 0 aliphatic carbocycles. The van der Waals surface area contributed by atoms with E-state index in [1.54, 1.807) is 4.68 Å². The van der Waals surface area contributed by atoms with Gasteiger partial charge in [0.15, 0.2) is 0 Å². The van der Waals surface area contributed by atoms with E-state index in [0.29, 0.717) is 19.1 Å². The largest absolute Gasteiger partial charge is 0.394 e. The van der Waals surface area contributed by atoms with Gasteiger partial charge in [0, 0.05) is 37.4 Å². The number of aliphatic hydroxyl groups excluding tert-OH is 1. The van der Waals surface area contributed by atoms with Crippen molar-refractivity contribution in [3.63, 3.8) is 0 Å². The zero-order chi connectivity index (χ0) is 14.4. The van der Waals surface area contributed by atoms with E-state index >= 15 is 0 Å². The number of aliphatic hydroxyl groups is 1. The number of nitrogens with two attached hydrogens (primary N) is 1. The van der Waals surface area contributed by atoms with E-state index in [0.717, 1.165) is 38.0 Å². The third-order valence-electron chi connectivity index (χ3n) is 3.58.